The van der Waals surface area contributed by atoms with Gasteiger partial charge in [0.05, 0.1) is 17.5 Å². The van der Waals surface area contributed by atoms with Crippen LogP contribution < -0.4 is 5.73 Å². The second kappa shape index (κ2) is 7.03. The maximum Gasteiger partial charge on any atom is 0.0599 e. The molecule has 0 amide bonds. The second-order valence-corrected chi connectivity index (χ2v) is 5.39. The zero-order chi connectivity index (χ0) is 13.7. The quantitative estimate of drug-likeness (QED) is 0.782. The van der Waals surface area contributed by atoms with Crippen LogP contribution in [0.5, 0.6) is 0 Å². The van der Waals surface area contributed by atoms with Crippen molar-refractivity contribution in [2.24, 2.45) is 12.8 Å². The minimum Gasteiger partial charge on any atom is -0.378 e. The number of aryl methyl sites for hydroxylation is 2. The van der Waals surface area contributed by atoms with E-state index in [9.17, 15) is 0 Å². The summed E-state index contributed by atoms with van der Waals surface area (Å²) in [6, 6.07) is 2.17. The first kappa shape index (κ1) is 14.5. The van der Waals surface area contributed by atoms with Crippen molar-refractivity contribution < 1.29 is 4.74 Å². The highest BCUT2D eigenvalue weighted by Crippen LogP contribution is 2.16. The van der Waals surface area contributed by atoms with Gasteiger partial charge >= 0.3 is 0 Å². The molecular formula is C14H26N4O. The lowest BCUT2D eigenvalue weighted by molar-refractivity contribution is 0.00521. The zero-order valence-electron chi connectivity index (χ0n) is 12.1. The van der Waals surface area contributed by atoms with Gasteiger partial charge in [-0.2, -0.15) is 5.10 Å². The van der Waals surface area contributed by atoms with E-state index in [2.05, 4.69) is 16.1 Å². The lowest BCUT2D eigenvalue weighted by Gasteiger charge is -2.31. The smallest absolute Gasteiger partial charge is 0.0599 e. The Balaban J connectivity index is 1.73. The summed E-state index contributed by atoms with van der Waals surface area (Å²) < 4.78 is 7.81. The van der Waals surface area contributed by atoms with Crippen LogP contribution in [0.2, 0.25) is 0 Å². The van der Waals surface area contributed by atoms with Crippen LogP contribution in [0, 0.1) is 6.92 Å². The van der Waals surface area contributed by atoms with E-state index in [0.29, 0.717) is 6.10 Å². The highest BCUT2D eigenvalue weighted by Gasteiger charge is 2.20. The molecule has 5 nitrogen and oxygen atoms in total. The van der Waals surface area contributed by atoms with Crippen molar-refractivity contribution in [3.8, 4) is 0 Å². The van der Waals surface area contributed by atoms with E-state index in [-0.39, 0.29) is 0 Å². The SMILES string of the molecule is Cc1cc(CN2CCC(OCCCN)CC2)n(C)n1. The van der Waals surface area contributed by atoms with Crippen LogP contribution >= 0.6 is 0 Å². The van der Waals surface area contributed by atoms with Crippen molar-refractivity contribution in [1.82, 2.24) is 14.7 Å². The molecule has 108 valence electrons. The highest BCUT2D eigenvalue weighted by molar-refractivity contribution is 5.08. The van der Waals surface area contributed by atoms with E-state index in [4.69, 9.17) is 10.5 Å². The number of rotatable bonds is 6. The lowest BCUT2D eigenvalue weighted by atomic mass is 10.1. The summed E-state index contributed by atoms with van der Waals surface area (Å²) in [6.07, 6.45) is 3.65. The standard InChI is InChI=1S/C14H26N4O/c1-12-10-13(17(2)16-12)11-18-7-4-14(5-8-18)19-9-3-6-15/h10,14H,3-9,11,15H2,1-2H3. The first-order valence-electron chi connectivity index (χ1n) is 7.22. The Labute approximate surface area is 115 Å². The molecule has 5 heteroatoms. The van der Waals surface area contributed by atoms with Crippen LogP contribution in [0.15, 0.2) is 6.07 Å². The van der Waals surface area contributed by atoms with Gasteiger partial charge in [0.25, 0.3) is 0 Å². The number of piperidine rings is 1. The molecule has 1 aliphatic rings. The Kier molecular flexibility index (Phi) is 5.36. The fourth-order valence-corrected chi connectivity index (χ4v) is 2.61. The third kappa shape index (κ3) is 4.30. The molecule has 0 saturated carbocycles. The average molecular weight is 266 g/mol. The molecular weight excluding hydrogens is 240 g/mol. The van der Waals surface area contributed by atoms with Crippen LogP contribution in [-0.2, 0) is 18.3 Å². The van der Waals surface area contributed by atoms with Crippen molar-refractivity contribution in [3.63, 3.8) is 0 Å². The van der Waals surface area contributed by atoms with Gasteiger partial charge in [-0.3, -0.25) is 9.58 Å². The first-order valence-corrected chi connectivity index (χ1v) is 7.22. The van der Waals surface area contributed by atoms with Gasteiger partial charge in [0, 0.05) is 33.3 Å². The summed E-state index contributed by atoms with van der Waals surface area (Å²) in [5.74, 6) is 0. The van der Waals surface area contributed by atoms with Gasteiger partial charge < -0.3 is 10.5 Å². The number of ether oxygens (including phenoxy) is 1. The van der Waals surface area contributed by atoms with Gasteiger partial charge in [0.15, 0.2) is 0 Å². The van der Waals surface area contributed by atoms with Gasteiger partial charge in [-0.05, 0) is 38.8 Å². The highest BCUT2D eigenvalue weighted by atomic mass is 16.5. The van der Waals surface area contributed by atoms with Crippen LogP contribution in [0.4, 0.5) is 0 Å². The molecule has 2 N–H and O–H groups in total. The Hall–Kier alpha value is -0.910. The molecule has 0 spiro atoms. The van der Waals surface area contributed by atoms with Gasteiger partial charge in [0.2, 0.25) is 0 Å². The van der Waals surface area contributed by atoms with Crippen LogP contribution in [0.1, 0.15) is 30.7 Å². The second-order valence-electron chi connectivity index (χ2n) is 5.39. The van der Waals surface area contributed by atoms with Crippen molar-refractivity contribution in [2.75, 3.05) is 26.2 Å². The monoisotopic (exact) mass is 266 g/mol. The van der Waals surface area contributed by atoms with Gasteiger partial charge in [-0.15, -0.1) is 0 Å². The molecule has 0 atom stereocenters. The topological polar surface area (TPSA) is 56.3 Å². The maximum absolute atomic E-state index is 5.83. The lowest BCUT2D eigenvalue weighted by Crippen LogP contribution is -2.37. The molecule has 0 radical (unpaired) electrons. The number of aromatic nitrogens is 2. The first-order chi connectivity index (χ1) is 9.19. The minimum absolute atomic E-state index is 0.427. The van der Waals surface area contributed by atoms with Crippen molar-refractivity contribution in [3.05, 3.63) is 17.5 Å². The Bertz CT molecular complexity index is 383. The maximum atomic E-state index is 5.83. The molecule has 2 heterocycles. The van der Waals surface area contributed by atoms with E-state index < -0.39 is 0 Å². The molecule has 19 heavy (non-hydrogen) atoms. The summed E-state index contributed by atoms with van der Waals surface area (Å²) in [5.41, 5.74) is 7.86. The molecule has 0 unspecified atom stereocenters. The van der Waals surface area contributed by atoms with E-state index >= 15 is 0 Å². The summed E-state index contributed by atoms with van der Waals surface area (Å²) in [7, 11) is 2.02. The van der Waals surface area contributed by atoms with Crippen LogP contribution in [-0.4, -0.2) is 47.0 Å². The number of hydrogen-bond acceptors (Lipinski definition) is 4. The average Bonchev–Trinajstić information content (AvgIpc) is 2.70. The van der Waals surface area contributed by atoms with E-state index in [1.165, 1.54) is 5.69 Å². The molecule has 0 aliphatic carbocycles. The van der Waals surface area contributed by atoms with Crippen LogP contribution in [0.3, 0.4) is 0 Å². The van der Waals surface area contributed by atoms with Gasteiger partial charge in [0.1, 0.15) is 0 Å². The molecule has 1 aliphatic heterocycles. The third-order valence-electron chi connectivity index (χ3n) is 3.72. The Morgan fingerprint density at radius 1 is 1.42 bits per heavy atom. The molecule has 1 aromatic rings. The predicted octanol–water partition coefficient (Wildman–Crippen LogP) is 1.06. The van der Waals surface area contributed by atoms with E-state index in [0.717, 1.165) is 57.7 Å². The van der Waals surface area contributed by atoms with Crippen molar-refractivity contribution in [2.45, 2.75) is 38.8 Å². The summed E-state index contributed by atoms with van der Waals surface area (Å²) >= 11 is 0. The molecule has 0 bridgehead atoms. The molecule has 2 rings (SSSR count). The largest absolute Gasteiger partial charge is 0.378 e. The fourth-order valence-electron chi connectivity index (χ4n) is 2.61. The molecule has 1 fully saturated rings. The number of likely N-dealkylation sites (tertiary alicyclic amines) is 1. The van der Waals surface area contributed by atoms with Crippen LogP contribution in [0.25, 0.3) is 0 Å². The predicted molar refractivity (Wildman–Crippen MR) is 75.9 cm³/mol. The zero-order valence-corrected chi connectivity index (χ0v) is 12.1. The minimum atomic E-state index is 0.427. The Morgan fingerprint density at radius 2 is 2.16 bits per heavy atom. The number of hydrogen-bond donors (Lipinski definition) is 1. The number of nitrogens with zero attached hydrogens (tertiary/aromatic N) is 3. The normalized spacial score (nSPS) is 18.1. The van der Waals surface area contributed by atoms with E-state index in [1.807, 2.05) is 18.7 Å². The Morgan fingerprint density at radius 3 is 2.74 bits per heavy atom. The molecule has 0 aromatic carbocycles. The summed E-state index contributed by atoms with van der Waals surface area (Å²) in [4.78, 5) is 2.49. The van der Waals surface area contributed by atoms with Crippen molar-refractivity contribution in [1.29, 1.82) is 0 Å². The third-order valence-corrected chi connectivity index (χ3v) is 3.72. The van der Waals surface area contributed by atoms with E-state index in [1.54, 1.807) is 0 Å². The molecule has 1 aromatic heterocycles. The number of nitrogens with two attached hydrogens (primary N) is 1. The summed E-state index contributed by atoms with van der Waals surface area (Å²) in [5, 5.41) is 4.39. The summed E-state index contributed by atoms with van der Waals surface area (Å²) in [6.45, 7) is 6.78. The van der Waals surface area contributed by atoms with Crippen molar-refractivity contribution >= 4 is 0 Å². The van der Waals surface area contributed by atoms with Gasteiger partial charge in [-0.1, -0.05) is 0 Å². The van der Waals surface area contributed by atoms with Gasteiger partial charge in [-0.25, -0.2) is 0 Å². The fraction of sp³-hybridized carbons (Fsp3) is 0.786. The molecule has 1 saturated heterocycles.